The molecule has 0 amide bonds. The Morgan fingerprint density at radius 2 is 1.62 bits per heavy atom. The third-order valence-electron chi connectivity index (χ3n) is 5.66. The van der Waals surface area contributed by atoms with Crippen molar-refractivity contribution in [1.29, 1.82) is 0 Å². The Labute approximate surface area is 146 Å². The van der Waals surface area contributed by atoms with Crippen LogP contribution in [0.5, 0.6) is 5.75 Å². The van der Waals surface area contributed by atoms with Gasteiger partial charge in [-0.15, -0.1) is 0 Å². The van der Waals surface area contributed by atoms with Gasteiger partial charge in [0.15, 0.2) is 0 Å². The molecule has 0 spiro atoms. The lowest BCUT2D eigenvalue weighted by atomic mass is 9.82. The number of benzene rings is 2. The average molecular weight is 320 g/mol. The van der Waals surface area contributed by atoms with Crippen molar-refractivity contribution in [1.82, 2.24) is 0 Å². The van der Waals surface area contributed by atoms with Crippen LogP contribution < -0.4 is 4.74 Å². The van der Waals surface area contributed by atoms with Gasteiger partial charge in [-0.05, 0) is 73.6 Å². The summed E-state index contributed by atoms with van der Waals surface area (Å²) in [6, 6.07) is 19.7. The molecule has 1 heteroatoms. The van der Waals surface area contributed by atoms with E-state index in [2.05, 4.69) is 48.5 Å². The van der Waals surface area contributed by atoms with Gasteiger partial charge in [-0.25, -0.2) is 0 Å². The summed E-state index contributed by atoms with van der Waals surface area (Å²) < 4.78 is 6.20. The Hall–Kier alpha value is -1.76. The van der Waals surface area contributed by atoms with Crippen molar-refractivity contribution >= 4 is 0 Å². The summed E-state index contributed by atoms with van der Waals surface area (Å²) in [7, 11) is 0. The van der Waals surface area contributed by atoms with Gasteiger partial charge < -0.3 is 4.74 Å². The lowest BCUT2D eigenvalue weighted by Crippen LogP contribution is -2.24. The molecule has 0 bridgehead atoms. The Morgan fingerprint density at radius 1 is 0.833 bits per heavy atom. The monoisotopic (exact) mass is 320 g/mol. The normalized spacial score (nSPS) is 23.8. The van der Waals surface area contributed by atoms with Gasteiger partial charge in [-0.1, -0.05) is 55.3 Å². The van der Waals surface area contributed by atoms with Crippen LogP contribution in [0.3, 0.4) is 0 Å². The fourth-order valence-electron chi connectivity index (χ4n) is 3.98. The highest BCUT2D eigenvalue weighted by atomic mass is 16.5. The summed E-state index contributed by atoms with van der Waals surface area (Å²) in [6.45, 7) is 0. The van der Waals surface area contributed by atoms with Crippen LogP contribution in [-0.2, 0) is 6.42 Å². The number of ether oxygens (including phenoxy) is 1. The van der Waals surface area contributed by atoms with Gasteiger partial charge in [-0.3, -0.25) is 0 Å². The fraction of sp³-hybridized carbons (Fsp3) is 0.478. The SMILES string of the molecule is c1ccc(OC2CCCC(c3ccc(CCC4CC4)cc3)C2)cc1. The van der Waals surface area contributed by atoms with Crippen molar-refractivity contribution in [2.45, 2.75) is 63.4 Å². The van der Waals surface area contributed by atoms with Crippen LogP contribution in [0.4, 0.5) is 0 Å². The minimum absolute atomic E-state index is 0.362. The van der Waals surface area contributed by atoms with Crippen molar-refractivity contribution < 1.29 is 4.74 Å². The summed E-state index contributed by atoms with van der Waals surface area (Å²) in [5.41, 5.74) is 3.02. The Kier molecular flexibility index (Phi) is 4.87. The van der Waals surface area contributed by atoms with Crippen LogP contribution >= 0.6 is 0 Å². The Bertz CT molecular complexity index is 627. The summed E-state index contributed by atoms with van der Waals surface area (Å²) in [6.07, 6.45) is 10.8. The first-order chi connectivity index (χ1) is 11.9. The molecular weight excluding hydrogens is 292 g/mol. The van der Waals surface area contributed by atoms with Gasteiger partial charge in [-0.2, -0.15) is 0 Å². The van der Waals surface area contributed by atoms with E-state index in [-0.39, 0.29) is 0 Å². The molecule has 2 fully saturated rings. The smallest absolute Gasteiger partial charge is 0.119 e. The van der Waals surface area contributed by atoms with E-state index >= 15 is 0 Å². The van der Waals surface area contributed by atoms with Gasteiger partial charge in [0.1, 0.15) is 5.75 Å². The molecule has 2 aliphatic rings. The van der Waals surface area contributed by atoms with Crippen molar-refractivity contribution in [2.75, 3.05) is 0 Å². The fourth-order valence-corrected chi connectivity index (χ4v) is 3.98. The molecule has 2 atom stereocenters. The van der Waals surface area contributed by atoms with E-state index in [9.17, 15) is 0 Å². The van der Waals surface area contributed by atoms with Gasteiger partial charge >= 0.3 is 0 Å². The highest BCUT2D eigenvalue weighted by Gasteiger charge is 2.25. The number of hydrogen-bond acceptors (Lipinski definition) is 1. The molecule has 4 rings (SSSR count). The summed E-state index contributed by atoms with van der Waals surface area (Å²) in [5, 5.41) is 0. The second-order valence-electron chi connectivity index (χ2n) is 7.64. The maximum atomic E-state index is 6.20. The molecule has 0 heterocycles. The predicted octanol–water partition coefficient (Wildman–Crippen LogP) is 6.13. The zero-order valence-corrected chi connectivity index (χ0v) is 14.5. The Morgan fingerprint density at radius 3 is 2.38 bits per heavy atom. The molecule has 0 aliphatic heterocycles. The first-order valence-electron chi connectivity index (χ1n) is 9.67. The minimum Gasteiger partial charge on any atom is -0.490 e. The van der Waals surface area contributed by atoms with Crippen molar-refractivity contribution in [2.24, 2.45) is 5.92 Å². The molecule has 24 heavy (non-hydrogen) atoms. The molecule has 0 radical (unpaired) electrons. The minimum atomic E-state index is 0.362. The molecule has 0 aromatic heterocycles. The maximum absolute atomic E-state index is 6.20. The third kappa shape index (κ3) is 4.20. The molecule has 2 aromatic carbocycles. The summed E-state index contributed by atoms with van der Waals surface area (Å²) in [4.78, 5) is 0. The number of rotatable bonds is 6. The van der Waals surface area contributed by atoms with Crippen molar-refractivity contribution in [3.05, 3.63) is 65.7 Å². The quantitative estimate of drug-likeness (QED) is 0.621. The average Bonchev–Trinajstić information content (AvgIpc) is 3.46. The zero-order chi connectivity index (χ0) is 16.2. The standard InChI is InChI=1S/C23H28O/c1-2-6-22(7-3-1)24-23-8-4-5-21(17-23)20-15-13-19(14-16-20)12-11-18-9-10-18/h1-3,6-7,13-16,18,21,23H,4-5,8-12,17H2. The molecule has 2 aliphatic carbocycles. The highest BCUT2D eigenvalue weighted by molar-refractivity contribution is 5.27. The highest BCUT2D eigenvalue weighted by Crippen LogP contribution is 2.36. The number of hydrogen-bond donors (Lipinski definition) is 0. The maximum Gasteiger partial charge on any atom is 0.119 e. The van der Waals surface area contributed by atoms with Crippen LogP contribution in [0.15, 0.2) is 54.6 Å². The van der Waals surface area contributed by atoms with Crippen molar-refractivity contribution in [3.63, 3.8) is 0 Å². The molecule has 0 saturated heterocycles. The first-order valence-corrected chi connectivity index (χ1v) is 9.67. The largest absolute Gasteiger partial charge is 0.490 e. The predicted molar refractivity (Wildman–Crippen MR) is 99.6 cm³/mol. The molecular formula is C23H28O. The van der Waals surface area contributed by atoms with Crippen LogP contribution in [-0.4, -0.2) is 6.10 Å². The van der Waals surface area contributed by atoms with E-state index in [1.54, 1.807) is 0 Å². The molecule has 1 nitrogen and oxygen atoms in total. The molecule has 2 unspecified atom stereocenters. The molecule has 0 N–H and O–H groups in total. The molecule has 2 saturated carbocycles. The summed E-state index contributed by atoms with van der Waals surface area (Å²) in [5.74, 6) is 2.70. The van der Waals surface area contributed by atoms with E-state index < -0.39 is 0 Å². The number of para-hydroxylation sites is 1. The van der Waals surface area contributed by atoms with E-state index in [1.807, 2.05) is 6.07 Å². The van der Waals surface area contributed by atoms with Crippen molar-refractivity contribution in [3.8, 4) is 5.75 Å². The second kappa shape index (κ2) is 7.42. The van der Waals surface area contributed by atoms with Gasteiger partial charge in [0.2, 0.25) is 0 Å². The van der Waals surface area contributed by atoms with Gasteiger partial charge in [0.25, 0.3) is 0 Å². The van der Waals surface area contributed by atoms with Crippen LogP contribution in [0.2, 0.25) is 0 Å². The second-order valence-corrected chi connectivity index (χ2v) is 7.64. The van der Waals surface area contributed by atoms with Gasteiger partial charge in [0.05, 0.1) is 6.10 Å². The Balaban J connectivity index is 1.34. The van der Waals surface area contributed by atoms with Gasteiger partial charge in [0, 0.05) is 0 Å². The molecule has 2 aromatic rings. The summed E-state index contributed by atoms with van der Waals surface area (Å²) >= 11 is 0. The van der Waals surface area contributed by atoms with Crippen LogP contribution in [0, 0.1) is 5.92 Å². The lowest BCUT2D eigenvalue weighted by molar-refractivity contribution is 0.143. The van der Waals surface area contributed by atoms with E-state index in [0.717, 1.165) is 18.1 Å². The number of aryl methyl sites for hydroxylation is 1. The molecule has 126 valence electrons. The first kappa shape index (κ1) is 15.7. The van der Waals surface area contributed by atoms with Crippen LogP contribution in [0.25, 0.3) is 0 Å². The lowest BCUT2D eigenvalue weighted by Gasteiger charge is -2.30. The topological polar surface area (TPSA) is 9.23 Å². The third-order valence-corrected chi connectivity index (χ3v) is 5.66. The zero-order valence-electron chi connectivity index (χ0n) is 14.5. The van der Waals surface area contributed by atoms with Crippen LogP contribution in [0.1, 0.15) is 62.0 Å². The van der Waals surface area contributed by atoms with E-state index in [0.29, 0.717) is 12.0 Å². The van der Waals surface area contributed by atoms with E-state index in [1.165, 1.54) is 56.1 Å². The van der Waals surface area contributed by atoms with E-state index in [4.69, 9.17) is 4.74 Å².